The van der Waals surface area contributed by atoms with Crippen LogP contribution < -0.4 is 16.0 Å². The number of unbranched alkanes of at least 4 members (excludes halogenated alkanes) is 4. The van der Waals surface area contributed by atoms with Gasteiger partial charge in [-0.1, -0.05) is 43.5 Å². The summed E-state index contributed by atoms with van der Waals surface area (Å²) in [5, 5.41) is 19.2. The number of carbonyl (C=O) groups is 5. The fourth-order valence-corrected chi connectivity index (χ4v) is 10.0. The summed E-state index contributed by atoms with van der Waals surface area (Å²) in [5.74, 6) is -0.934. The molecule has 13 heteroatoms. The number of nitrogens with one attached hydrogen (secondary N) is 3. The van der Waals surface area contributed by atoms with Gasteiger partial charge in [-0.2, -0.15) is 0 Å². The molecular weight excluding hydrogens is 753 g/mol. The van der Waals surface area contributed by atoms with Gasteiger partial charge in [-0.05, 0) is 109 Å². The lowest BCUT2D eigenvalue weighted by Crippen LogP contribution is -2.54. The maximum atomic E-state index is 13.4. The van der Waals surface area contributed by atoms with Crippen molar-refractivity contribution in [3.8, 4) is 11.1 Å². The second-order valence-electron chi connectivity index (χ2n) is 15.6. The number of aromatic nitrogens is 1. The molecule has 4 aliphatic heterocycles. The molecule has 2 fully saturated rings. The molecule has 5 heterocycles. The van der Waals surface area contributed by atoms with Crippen LogP contribution in [0.2, 0.25) is 0 Å². The number of fused-ring (bicyclic) bond motifs is 4. The molecular formula is C45H48N6O6S. The maximum Gasteiger partial charge on any atom is 0.263 e. The number of benzene rings is 3. The number of imide groups is 2. The van der Waals surface area contributed by atoms with E-state index < -0.39 is 29.7 Å². The lowest BCUT2D eigenvalue weighted by molar-refractivity contribution is -0.136. The van der Waals surface area contributed by atoms with Crippen LogP contribution in [0.4, 0.5) is 11.4 Å². The molecule has 4 N–H and O–H groups in total. The molecule has 12 nitrogen and oxygen atoms in total. The lowest BCUT2D eigenvalue weighted by atomic mass is 9.82. The van der Waals surface area contributed by atoms with Crippen molar-refractivity contribution < 1.29 is 29.1 Å². The topological polar surface area (TPSA) is 161 Å². The summed E-state index contributed by atoms with van der Waals surface area (Å²) >= 11 is 1.53. The number of nitrogens with zero attached hydrogens (tertiary/aromatic N) is 3. The number of amides is 5. The summed E-state index contributed by atoms with van der Waals surface area (Å²) in [6.45, 7) is 1.87. The molecule has 300 valence electrons. The molecule has 0 spiro atoms. The Balaban J connectivity index is 0.797. The molecule has 1 aromatic heterocycles. The summed E-state index contributed by atoms with van der Waals surface area (Å²) in [4.78, 5) is 71.9. The number of pyridine rings is 1. The van der Waals surface area contributed by atoms with E-state index in [0.717, 1.165) is 89.7 Å². The Bertz CT molecular complexity index is 2220. The predicted molar refractivity (Wildman–Crippen MR) is 222 cm³/mol. The third-order valence-corrected chi connectivity index (χ3v) is 13.0. The lowest BCUT2D eigenvalue weighted by Gasteiger charge is -2.39. The van der Waals surface area contributed by atoms with E-state index >= 15 is 0 Å². The van der Waals surface area contributed by atoms with Gasteiger partial charge in [-0.15, -0.1) is 11.8 Å². The highest BCUT2D eigenvalue weighted by molar-refractivity contribution is 7.99. The van der Waals surface area contributed by atoms with Gasteiger partial charge in [0.25, 0.3) is 11.8 Å². The van der Waals surface area contributed by atoms with Crippen molar-refractivity contribution in [2.45, 2.75) is 87.4 Å². The van der Waals surface area contributed by atoms with E-state index in [4.69, 9.17) is 0 Å². The number of hydrogen-bond acceptors (Lipinski definition) is 10. The van der Waals surface area contributed by atoms with Gasteiger partial charge in [0, 0.05) is 60.0 Å². The number of hydrogen-bond donors (Lipinski definition) is 4. The standard InChI is InChI=1S/C45H48N6O6S/c52-27-36-32-19-22-50(26-28-17-20-46-21-18-28)42(32)34-25-30(13-14-35(34)48-36)29-8-6-9-31(24-29)47-39(53)12-4-2-1-3-5-23-58-38-11-7-10-33-41(38)45(57)51(44(33)56)37-15-16-40(54)49-43(37)55/h6-11,13-14,17-18,20-21,24-25,32,36-37,42,48,52H,1-5,12,15-16,19,22-23,26-27H2,(H,47,53)(H,49,54,55)/t32-,36-,37?,42-/m1/s1. The van der Waals surface area contributed by atoms with Crippen molar-refractivity contribution >= 4 is 52.7 Å². The third kappa shape index (κ3) is 8.29. The first-order valence-corrected chi connectivity index (χ1v) is 21.3. The van der Waals surface area contributed by atoms with Gasteiger partial charge in [0.15, 0.2) is 0 Å². The highest BCUT2D eigenvalue weighted by atomic mass is 32.2. The normalized spacial score (nSPS) is 21.3. The molecule has 0 saturated carbocycles. The summed E-state index contributed by atoms with van der Waals surface area (Å²) in [5.41, 5.74) is 7.02. The van der Waals surface area contributed by atoms with Crippen LogP contribution in [0.5, 0.6) is 0 Å². The summed E-state index contributed by atoms with van der Waals surface area (Å²) < 4.78 is 0. The smallest absolute Gasteiger partial charge is 0.263 e. The first-order valence-electron chi connectivity index (χ1n) is 20.3. The van der Waals surface area contributed by atoms with Crippen molar-refractivity contribution in [1.82, 2.24) is 20.1 Å². The minimum absolute atomic E-state index is 0.00852. The monoisotopic (exact) mass is 800 g/mol. The van der Waals surface area contributed by atoms with Crippen LogP contribution >= 0.6 is 11.8 Å². The van der Waals surface area contributed by atoms with Crippen LogP contribution in [-0.2, 0) is 20.9 Å². The predicted octanol–water partition coefficient (Wildman–Crippen LogP) is 6.57. The fourth-order valence-electron chi connectivity index (χ4n) is 8.94. The Morgan fingerprint density at radius 2 is 1.67 bits per heavy atom. The Labute approximate surface area is 342 Å². The van der Waals surface area contributed by atoms with Crippen LogP contribution in [0.1, 0.15) is 95.7 Å². The molecule has 58 heavy (non-hydrogen) atoms. The summed E-state index contributed by atoms with van der Waals surface area (Å²) in [6.07, 6.45) is 9.90. The van der Waals surface area contributed by atoms with Crippen LogP contribution in [-0.4, -0.2) is 80.4 Å². The Kier molecular flexibility index (Phi) is 12.0. The van der Waals surface area contributed by atoms with Gasteiger partial charge in [-0.3, -0.25) is 44.1 Å². The van der Waals surface area contributed by atoms with Gasteiger partial charge in [0.2, 0.25) is 17.7 Å². The zero-order chi connectivity index (χ0) is 40.2. The van der Waals surface area contributed by atoms with Crippen molar-refractivity contribution in [3.05, 3.63) is 107 Å². The highest BCUT2D eigenvalue weighted by Crippen LogP contribution is 2.48. The average molecular weight is 801 g/mol. The van der Waals surface area contributed by atoms with Gasteiger partial charge < -0.3 is 15.7 Å². The quantitative estimate of drug-likeness (QED) is 0.0588. The Morgan fingerprint density at radius 3 is 2.50 bits per heavy atom. The molecule has 4 aromatic rings. The van der Waals surface area contributed by atoms with E-state index in [1.165, 1.54) is 22.9 Å². The number of aliphatic hydroxyl groups excluding tert-OH is 1. The molecule has 2 saturated heterocycles. The van der Waals surface area contributed by atoms with E-state index in [9.17, 15) is 29.1 Å². The molecule has 0 aliphatic carbocycles. The number of piperidine rings is 1. The van der Waals surface area contributed by atoms with E-state index in [0.29, 0.717) is 23.5 Å². The minimum atomic E-state index is -0.980. The number of thioether (sulfide) groups is 1. The number of likely N-dealkylation sites (tertiary alicyclic amines) is 1. The zero-order valence-electron chi connectivity index (χ0n) is 32.3. The zero-order valence-corrected chi connectivity index (χ0v) is 33.1. The van der Waals surface area contributed by atoms with Crippen LogP contribution in [0.15, 0.2) is 90.1 Å². The van der Waals surface area contributed by atoms with Gasteiger partial charge in [0.05, 0.1) is 23.8 Å². The minimum Gasteiger partial charge on any atom is -0.394 e. The van der Waals surface area contributed by atoms with E-state index in [2.05, 4.69) is 62.2 Å². The van der Waals surface area contributed by atoms with Crippen molar-refractivity contribution in [2.75, 3.05) is 29.5 Å². The number of carbonyl (C=O) groups excluding carboxylic acids is 5. The number of anilines is 2. The molecule has 1 unspecified atom stereocenters. The van der Waals surface area contributed by atoms with Gasteiger partial charge in [0.1, 0.15) is 6.04 Å². The van der Waals surface area contributed by atoms with Gasteiger partial charge >= 0.3 is 0 Å². The van der Waals surface area contributed by atoms with Crippen molar-refractivity contribution in [3.63, 3.8) is 0 Å². The van der Waals surface area contributed by atoms with Crippen LogP contribution in [0.3, 0.4) is 0 Å². The second kappa shape index (κ2) is 17.6. The highest BCUT2D eigenvalue weighted by Gasteiger charge is 2.46. The number of aliphatic hydroxyl groups is 1. The Hall–Kier alpha value is -5.37. The molecule has 0 radical (unpaired) electrons. The molecule has 5 amide bonds. The van der Waals surface area contributed by atoms with Crippen molar-refractivity contribution in [2.24, 2.45) is 5.92 Å². The molecule has 4 atom stereocenters. The third-order valence-electron chi connectivity index (χ3n) is 11.8. The molecule has 4 aliphatic rings. The summed E-state index contributed by atoms with van der Waals surface area (Å²) in [6, 6.07) is 23.0. The SMILES string of the molecule is O=C1CCC(N2C(=O)c3cccc(SCCCCCCCC(=O)Nc4cccc(-c5ccc6c(c5)[C@H]5[C@H](CCN5Cc5ccncc5)[C@@H](CO)N6)c4)c3C2=O)C(=O)N1. The second-order valence-corrected chi connectivity index (χ2v) is 16.7. The van der Waals surface area contributed by atoms with E-state index in [1.807, 2.05) is 36.7 Å². The first kappa shape index (κ1) is 39.5. The molecule has 8 rings (SSSR count). The van der Waals surface area contributed by atoms with Crippen molar-refractivity contribution in [1.29, 1.82) is 0 Å². The fraction of sp³-hybridized carbons (Fsp3) is 0.378. The largest absolute Gasteiger partial charge is 0.394 e. The molecule has 3 aromatic carbocycles. The number of rotatable bonds is 15. The summed E-state index contributed by atoms with van der Waals surface area (Å²) in [7, 11) is 0. The van der Waals surface area contributed by atoms with E-state index in [-0.39, 0.29) is 37.4 Å². The van der Waals surface area contributed by atoms with Gasteiger partial charge in [-0.25, -0.2) is 0 Å². The van der Waals surface area contributed by atoms with Crippen LogP contribution in [0.25, 0.3) is 11.1 Å². The average Bonchev–Trinajstić information content (AvgIpc) is 3.76. The first-order chi connectivity index (χ1) is 28.3. The van der Waals surface area contributed by atoms with Crippen LogP contribution in [0, 0.1) is 5.92 Å². The maximum absolute atomic E-state index is 13.4. The Morgan fingerprint density at radius 1 is 0.879 bits per heavy atom. The van der Waals surface area contributed by atoms with E-state index in [1.54, 1.807) is 12.1 Å². The molecule has 0 bridgehead atoms.